The number of aromatic nitrogens is 4. The van der Waals surface area contributed by atoms with Gasteiger partial charge in [0.15, 0.2) is 16.6 Å². The molecule has 1 fully saturated rings. The van der Waals surface area contributed by atoms with Gasteiger partial charge in [0.1, 0.15) is 17.3 Å². The molecular weight excluding hydrogens is 346 g/mol. The normalized spacial score (nSPS) is 19.2. The molecule has 0 saturated heterocycles. The molecule has 0 bridgehead atoms. The van der Waals surface area contributed by atoms with Crippen LogP contribution in [0.1, 0.15) is 31.5 Å². The van der Waals surface area contributed by atoms with Gasteiger partial charge in [-0.1, -0.05) is 13.3 Å². The lowest BCUT2D eigenvalue weighted by Crippen LogP contribution is -2.07. The molecule has 1 aliphatic rings. The minimum absolute atomic E-state index is 0.0491. The molecular formula is C17H16F2N4OS. The van der Waals surface area contributed by atoms with Gasteiger partial charge in [-0.2, -0.15) is 0 Å². The van der Waals surface area contributed by atoms with Crippen LogP contribution in [0.5, 0.6) is 5.75 Å². The molecule has 0 amide bonds. The Balaban J connectivity index is 1.89. The number of rotatable bonds is 5. The van der Waals surface area contributed by atoms with Crippen molar-refractivity contribution in [2.24, 2.45) is 5.92 Å². The molecule has 1 aliphatic carbocycles. The van der Waals surface area contributed by atoms with Crippen molar-refractivity contribution in [3.63, 3.8) is 0 Å². The minimum atomic E-state index is -0.766. The van der Waals surface area contributed by atoms with Crippen molar-refractivity contribution in [3.8, 4) is 22.3 Å². The van der Waals surface area contributed by atoms with Crippen LogP contribution >= 0.6 is 11.3 Å². The maximum absolute atomic E-state index is 14.1. The largest absolute Gasteiger partial charge is 0.491 e. The van der Waals surface area contributed by atoms with Crippen LogP contribution in [0, 0.1) is 17.6 Å². The summed E-state index contributed by atoms with van der Waals surface area (Å²) in [6.45, 7) is 2.12. The van der Waals surface area contributed by atoms with Crippen molar-refractivity contribution in [2.75, 3.05) is 7.11 Å². The van der Waals surface area contributed by atoms with Gasteiger partial charge in [0.05, 0.1) is 7.11 Å². The lowest BCUT2D eigenvalue weighted by atomic mass is 10.2. The third kappa shape index (κ3) is 2.80. The molecule has 0 N–H and O–H groups in total. The molecule has 8 heteroatoms. The number of ether oxygens (including phenoxy) is 1. The highest BCUT2D eigenvalue weighted by molar-refractivity contribution is 7.12. The highest BCUT2D eigenvalue weighted by Gasteiger charge is 2.41. The van der Waals surface area contributed by atoms with Gasteiger partial charge in [0.25, 0.3) is 0 Å². The summed E-state index contributed by atoms with van der Waals surface area (Å²) in [6, 6.07) is 2.02. The van der Waals surface area contributed by atoms with E-state index >= 15 is 0 Å². The summed E-state index contributed by atoms with van der Waals surface area (Å²) in [5.41, 5.74) is 0.215. The maximum atomic E-state index is 14.1. The van der Waals surface area contributed by atoms with Crippen molar-refractivity contribution in [1.29, 1.82) is 0 Å². The van der Waals surface area contributed by atoms with Crippen LogP contribution < -0.4 is 4.74 Å². The Hall–Kier alpha value is -2.35. The van der Waals surface area contributed by atoms with Gasteiger partial charge in [-0.05, 0) is 12.3 Å². The number of halogens is 2. The number of hydrogen-bond acceptors (Lipinski definition) is 5. The van der Waals surface area contributed by atoms with E-state index in [1.807, 2.05) is 5.38 Å². The van der Waals surface area contributed by atoms with Gasteiger partial charge in [0, 0.05) is 29.6 Å². The van der Waals surface area contributed by atoms with E-state index in [2.05, 4.69) is 22.0 Å². The summed E-state index contributed by atoms with van der Waals surface area (Å²) in [5, 5.41) is 6.99. The van der Waals surface area contributed by atoms with Crippen molar-refractivity contribution in [3.05, 3.63) is 41.2 Å². The molecule has 5 nitrogen and oxygen atoms in total. The van der Waals surface area contributed by atoms with E-state index in [9.17, 15) is 8.78 Å². The molecule has 0 aliphatic heterocycles. The Morgan fingerprint density at radius 3 is 2.84 bits per heavy atom. The average Bonchev–Trinajstić information content (AvgIpc) is 2.99. The topological polar surface area (TPSA) is 52.8 Å². The van der Waals surface area contributed by atoms with Crippen molar-refractivity contribution >= 4 is 11.3 Å². The molecule has 130 valence electrons. The second kappa shape index (κ2) is 6.18. The summed E-state index contributed by atoms with van der Waals surface area (Å²) < 4.78 is 34.6. The molecule has 2 atom stereocenters. The van der Waals surface area contributed by atoms with Crippen LogP contribution in [0.2, 0.25) is 0 Å². The van der Waals surface area contributed by atoms with Gasteiger partial charge in [-0.15, -0.1) is 16.4 Å². The molecule has 2 aromatic heterocycles. The number of benzene rings is 1. The molecule has 1 aromatic carbocycles. The third-order valence-electron chi connectivity index (χ3n) is 4.46. The summed E-state index contributed by atoms with van der Waals surface area (Å²) in [7, 11) is 1.35. The predicted molar refractivity (Wildman–Crippen MR) is 90.1 cm³/mol. The van der Waals surface area contributed by atoms with Crippen LogP contribution in [0.15, 0.2) is 23.7 Å². The molecule has 0 spiro atoms. The Morgan fingerprint density at radius 2 is 2.20 bits per heavy atom. The first-order valence-corrected chi connectivity index (χ1v) is 8.90. The summed E-state index contributed by atoms with van der Waals surface area (Å²) in [5.74, 6) is 0.385. The zero-order chi connectivity index (χ0) is 17.6. The first-order valence-electron chi connectivity index (χ1n) is 8.02. The first-order chi connectivity index (χ1) is 12.1. The Labute approximate surface area is 147 Å². The van der Waals surface area contributed by atoms with E-state index in [1.54, 1.807) is 6.20 Å². The van der Waals surface area contributed by atoms with Crippen molar-refractivity contribution < 1.29 is 13.5 Å². The predicted octanol–water partition coefficient (Wildman–Crippen LogP) is 4.19. The van der Waals surface area contributed by atoms with Gasteiger partial charge in [-0.3, -0.25) is 0 Å². The van der Waals surface area contributed by atoms with E-state index in [0.717, 1.165) is 18.9 Å². The van der Waals surface area contributed by atoms with Crippen LogP contribution in [-0.2, 0) is 0 Å². The van der Waals surface area contributed by atoms with Crippen LogP contribution in [-0.4, -0.2) is 26.9 Å². The lowest BCUT2D eigenvalue weighted by Gasteiger charge is -2.11. The highest BCUT2D eigenvalue weighted by atomic mass is 32.1. The molecule has 3 aromatic rings. The number of nitrogens with zero attached hydrogens (tertiary/aromatic N) is 4. The van der Waals surface area contributed by atoms with E-state index in [0.29, 0.717) is 22.6 Å². The third-order valence-corrected chi connectivity index (χ3v) is 5.22. The van der Waals surface area contributed by atoms with Crippen LogP contribution in [0.3, 0.4) is 0 Å². The molecule has 25 heavy (non-hydrogen) atoms. The monoisotopic (exact) mass is 362 g/mol. The van der Waals surface area contributed by atoms with Crippen molar-refractivity contribution in [1.82, 2.24) is 19.7 Å². The zero-order valence-electron chi connectivity index (χ0n) is 13.7. The number of methoxy groups -OCH3 is 1. The van der Waals surface area contributed by atoms with Gasteiger partial charge in [-0.25, -0.2) is 23.4 Å². The fourth-order valence-corrected chi connectivity index (χ4v) is 3.65. The smallest absolute Gasteiger partial charge is 0.210 e. The molecule has 1 saturated carbocycles. The number of thiazole rings is 1. The Morgan fingerprint density at radius 1 is 1.36 bits per heavy atom. The first kappa shape index (κ1) is 16.1. The average molecular weight is 362 g/mol. The molecule has 4 rings (SSSR count). The fourth-order valence-electron chi connectivity index (χ4n) is 3.09. The molecule has 2 heterocycles. The van der Waals surface area contributed by atoms with Gasteiger partial charge < -0.3 is 4.74 Å². The SMILES string of the molecule is CC[C@@H]1C[C@H]1c1nc(-c2nccs2)nn1-c1cc(F)cc(F)c1OC. The van der Waals surface area contributed by atoms with E-state index < -0.39 is 11.6 Å². The maximum Gasteiger partial charge on any atom is 0.210 e. The lowest BCUT2D eigenvalue weighted by molar-refractivity contribution is 0.380. The second-order valence-corrected chi connectivity index (χ2v) is 6.89. The summed E-state index contributed by atoms with van der Waals surface area (Å²) in [4.78, 5) is 8.86. The van der Waals surface area contributed by atoms with E-state index in [4.69, 9.17) is 4.74 Å². The number of hydrogen-bond donors (Lipinski definition) is 0. The second-order valence-electron chi connectivity index (χ2n) is 5.99. The quantitative estimate of drug-likeness (QED) is 0.683. The fraction of sp³-hybridized carbons (Fsp3) is 0.353. The van der Waals surface area contributed by atoms with Gasteiger partial charge >= 0.3 is 0 Å². The molecule has 0 unspecified atom stereocenters. The Bertz CT molecular complexity index is 910. The van der Waals surface area contributed by atoms with Crippen molar-refractivity contribution in [2.45, 2.75) is 25.7 Å². The molecule has 0 radical (unpaired) electrons. The van der Waals surface area contributed by atoms with Crippen LogP contribution in [0.25, 0.3) is 16.5 Å². The van der Waals surface area contributed by atoms with E-state index in [-0.39, 0.29) is 17.4 Å². The zero-order valence-corrected chi connectivity index (χ0v) is 14.6. The van der Waals surface area contributed by atoms with Gasteiger partial charge in [0.2, 0.25) is 5.82 Å². The Kier molecular flexibility index (Phi) is 3.99. The van der Waals surface area contributed by atoms with Crippen LogP contribution in [0.4, 0.5) is 8.78 Å². The van der Waals surface area contributed by atoms with E-state index in [1.165, 1.54) is 29.2 Å². The summed E-state index contributed by atoms with van der Waals surface area (Å²) >= 11 is 1.42. The standard InChI is InChI=1S/C17H16F2N4OS/c1-3-9-6-11(9)16-21-15(17-20-4-5-25-17)22-23(16)13-8-10(18)7-12(19)14(13)24-2/h4-5,7-9,11H,3,6H2,1-2H3/t9-,11-/m1/s1. The highest BCUT2D eigenvalue weighted by Crippen LogP contribution is 2.49. The summed E-state index contributed by atoms with van der Waals surface area (Å²) in [6.07, 6.45) is 3.69. The minimum Gasteiger partial charge on any atom is -0.491 e.